The van der Waals surface area contributed by atoms with Gasteiger partial charge in [0.2, 0.25) is 11.8 Å². The molecule has 194 valence electrons. The van der Waals surface area contributed by atoms with Gasteiger partial charge in [0.15, 0.2) is 11.6 Å². The number of carbonyl (C=O) groups is 2. The maximum Gasteiger partial charge on any atom is 0.247 e. The molecule has 0 saturated heterocycles. The molecule has 1 aliphatic rings. The van der Waals surface area contributed by atoms with Crippen LogP contribution in [0, 0.1) is 17.2 Å². The van der Waals surface area contributed by atoms with E-state index in [-0.39, 0.29) is 31.1 Å². The number of pyridine rings is 2. The Bertz CT molecular complexity index is 1510. The Kier molecular flexibility index (Phi) is 6.77. The molecule has 38 heavy (non-hydrogen) atoms. The van der Waals surface area contributed by atoms with Gasteiger partial charge in [-0.15, -0.1) is 0 Å². The summed E-state index contributed by atoms with van der Waals surface area (Å²) < 4.78 is 21.0. The molecule has 2 aromatic carbocycles. The summed E-state index contributed by atoms with van der Waals surface area (Å²) in [5, 5.41) is 9.95. The number of nitrogens with zero attached hydrogens (tertiary/aromatic N) is 3. The van der Waals surface area contributed by atoms with Gasteiger partial charge in [0.25, 0.3) is 0 Å². The Labute approximate surface area is 219 Å². The molecule has 0 bridgehead atoms. The Morgan fingerprint density at radius 1 is 1.13 bits per heavy atom. The quantitative estimate of drug-likeness (QED) is 0.270. The molecular formula is C29H27FN4O4. The maximum atomic E-state index is 15.1. The van der Waals surface area contributed by atoms with Gasteiger partial charge in [0, 0.05) is 43.0 Å². The van der Waals surface area contributed by atoms with Gasteiger partial charge in [0.05, 0.1) is 22.5 Å². The molecule has 0 aliphatic heterocycles. The SMILES string of the molecule is CN(C)C(=O)[C@@]1(Cc2ccc(OCc3cc(-c4ccncc4)nc4ccccc34)c(F)c2)C[C@@H]1C(=O)NO. The van der Waals surface area contributed by atoms with Gasteiger partial charge in [-0.1, -0.05) is 24.3 Å². The number of hydrogen-bond acceptors (Lipinski definition) is 6. The number of rotatable bonds is 8. The smallest absolute Gasteiger partial charge is 0.247 e. The van der Waals surface area contributed by atoms with Crippen LogP contribution in [-0.4, -0.2) is 46.0 Å². The van der Waals surface area contributed by atoms with E-state index < -0.39 is 23.1 Å². The number of aromatic nitrogens is 2. The van der Waals surface area contributed by atoms with Crippen LogP contribution in [0.2, 0.25) is 0 Å². The Balaban J connectivity index is 1.37. The third-order valence-electron chi connectivity index (χ3n) is 7.01. The number of benzene rings is 2. The van der Waals surface area contributed by atoms with Crippen LogP contribution in [0.4, 0.5) is 4.39 Å². The van der Waals surface area contributed by atoms with Crippen molar-refractivity contribution in [1.29, 1.82) is 0 Å². The van der Waals surface area contributed by atoms with Crippen LogP contribution in [0.1, 0.15) is 17.5 Å². The first-order chi connectivity index (χ1) is 18.3. The summed E-state index contributed by atoms with van der Waals surface area (Å²) in [6, 6.07) is 18.0. The zero-order chi connectivity index (χ0) is 26.9. The van der Waals surface area contributed by atoms with Gasteiger partial charge >= 0.3 is 0 Å². The molecule has 9 heteroatoms. The summed E-state index contributed by atoms with van der Waals surface area (Å²) in [6.45, 7) is 0.124. The van der Waals surface area contributed by atoms with Crippen LogP contribution >= 0.6 is 0 Å². The standard InChI is InChI=1S/C29H27FN4O4/c1-34(2)28(36)29(16-22(29)27(35)33-37)15-18-7-8-26(23(30)13-18)38-17-20-14-25(19-9-11-31-12-10-19)32-24-6-4-3-5-21(20)24/h3-14,22,37H,15-17H2,1-2H3,(H,33,35)/t22-,29+/m1/s1. The van der Waals surface area contributed by atoms with Gasteiger partial charge in [-0.2, -0.15) is 0 Å². The molecular weight excluding hydrogens is 487 g/mol. The van der Waals surface area contributed by atoms with Crippen molar-refractivity contribution in [3.05, 3.63) is 90.0 Å². The third kappa shape index (κ3) is 4.80. The number of fused-ring (bicyclic) bond motifs is 1. The number of nitrogens with one attached hydrogen (secondary N) is 1. The van der Waals surface area contributed by atoms with E-state index in [1.165, 1.54) is 17.0 Å². The minimum absolute atomic E-state index is 0.0774. The van der Waals surface area contributed by atoms with Crippen LogP contribution in [-0.2, 0) is 22.6 Å². The van der Waals surface area contributed by atoms with Gasteiger partial charge in [-0.25, -0.2) is 14.9 Å². The number of hydroxylamine groups is 1. The highest BCUT2D eigenvalue weighted by atomic mass is 19.1. The van der Waals surface area contributed by atoms with E-state index in [2.05, 4.69) is 4.98 Å². The first kappa shape index (κ1) is 25.3. The third-order valence-corrected chi connectivity index (χ3v) is 7.01. The zero-order valence-electron chi connectivity index (χ0n) is 21.0. The second kappa shape index (κ2) is 10.2. The number of para-hydroxylation sites is 1. The first-order valence-electron chi connectivity index (χ1n) is 12.2. The molecule has 5 rings (SSSR count). The molecule has 0 unspecified atom stereocenters. The average molecular weight is 515 g/mol. The fourth-order valence-electron chi connectivity index (χ4n) is 5.01. The number of halogens is 1. The van der Waals surface area contributed by atoms with Crippen molar-refractivity contribution >= 4 is 22.7 Å². The molecule has 2 aromatic heterocycles. The molecule has 2 N–H and O–H groups in total. The minimum atomic E-state index is -1.01. The fraction of sp³-hybridized carbons (Fsp3) is 0.241. The number of ether oxygens (including phenoxy) is 1. The van der Waals surface area contributed by atoms with E-state index in [4.69, 9.17) is 14.9 Å². The topological polar surface area (TPSA) is 105 Å². The van der Waals surface area contributed by atoms with Crippen molar-refractivity contribution < 1.29 is 23.9 Å². The summed E-state index contributed by atoms with van der Waals surface area (Å²) in [6.07, 6.45) is 3.86. The first-order valence-corrected chi connectivity index (χ1v) is 12.2. The normalized spacial score (nSPS) is 18.2. The Morgan fingerprint density at radius 3 is 2.61 bits per heavy atom. The largest absolute Gasteiger partial charge is 0.486 e. The van der Waals surface area contributed by atoms with Crippen LogP contribution in [0.3, 0.4) is 0 Å². The lowest BCUT2D eigenvalue weighted by Crippen LogP contribution is -2.36. The molecule has 4 aromatic rings. The van der Waals surface area contributed by atoms with E-state index in [1.54, 1.807) is 38.0 Å². The molecule has 2 amide bonds. The Morgan fingerprint density at radius 2 is 1.89 bits per heavy atom. The van der Waals surface area contributed by atoms with Gasteiger partial charge in [-0.05, 0) is 54.8 Å². The van der Waals surface area contributed by atoms with Crippen molar-refractivity contribution in [3.8, 4) is 17.0 Å². The predicted octanol–water partition coefficient (Wildman–Crippen LogP) is 4.16. The van der Waals surface area contributed by atoms with Crippen LogP contribution < -0.4 is 10.2 Å². The fourth-order valence-corrected chi connectivity index (χ4v) is 5.01. The van der Waals surface area contributed by atoms with E-state index in [0.717, 1.165) is 27.7 Å². The summed E-state index contributed by atoms with van der Waals surface area (Å²) in [7, 11) is 3.22. The molecule has 0 radical (unpaired) electrons. The van der Waals surface area contributed by atoms with Crippen molar-refractivity contribution in [2.45, 2.75) is 19.4 Å². The minimum Gasteiger partial charge on any atom is -0.486 e. The molecule has 1 aliphatic carbocycles. The summed E-state index contributed by atoms with van der Waals surface area (Å²) in [5.74, 6) is -2.01. The molecule has 2 heterocycles. The van der Waals surface area contributed by atoms with Gasteiger partial charge in [0.1, 0.15) is 6.61 Å². The van der Waals surface area contributed by atoms with Gasteiger partial charge in [-0.3, -0.25) is 19.8 Å². The van der Waals surface area contributed by atoms with Crippen LogP contribution in [0.15, 0.2) is 73.1 Å². The van der Waals surface area contributed by atoms with Crippen LogP contribution in [0.5, 0.6) is 5.75 Å². The lowest BCUT2D eigenvalue weighted by molar-refractivity contribution is -0.139. The second-order valence-electron chi connectivity index (χ2n) is 9.74. The molecule has 0 spiro atoms. The summed E-state index contributed by atoms with van der Waals surface area (Å²) >= 11 is 0. The summed E-state index contributed by atoms with van der Waals surface area (Å²) in [5.41, 5.74) is 4.52. The molecule has 1 saturated carbocycles. The highest BCUT2D eigenvalue weighted by Crippen LogP contribution is 2.56. The average Bonchev–Trinajstić information content (AvgIpc) is 3.66. The Hall–Kier alpha value is -4.37. The van der Waals surface area contributed by atoms with E-state index in [9.17, 15) is 9.59 Å². The number of hydrogen-bond donors (Lipinski definition) is 2. The highest BCUT2D eigenvalue weighted by molar-refractivity contribution is 5.95. The maximum absolute atomic E-state index is 15.1. The van der Waals surface area contributed by atoms with Crippen molar-refractivity contribution in [3.63, 3.8) is 0 Å². The number of amides is 2. The molecule has 1 fully saturated rings. The lowest BCUT2D eigenvalue weighted by atomic mass is 9.92. The second-order valence-corrected chi connectivity index (χ2v) is 9.74. The van der Waals surface area contributed by atoms with Crippen molar-refractivity contribution in [2.24, 2.45) is 11.3 Å². The van der Waals surface area contributed by atoms with Crippen molar-refractivity contribution in [1.82, 2.24) is 20.3 Å². The van der Waals surface area contributed by atoms with Gasteiger partial charge < -0.3 is 9.64 Å². The summed E-state index contributed by atoms with van der Waals surface area (Å²) in [4.78, 5) is 35.1. The zero-order valence-corrected chi connectivity index (χ0v) is 21.0. The lowest BCUT2D eigenvalue weighted by Gasteiger charge is -2.21. The van der Waals surface area contributed by atoms with E-state index in [1.807, 2.05) is 42.5 Å². The van der Waals surface area contributed by atoms with E-state index >= 15 is 4.39 Å². The highest BCUT2D eigenvalue weighted by Gasteiger charge is 2.63. The monoisotopic (exact) mass is 514 g/mol. The number of carbonyl (C=O) groups excluding carboxylic acids is 2. The molecule has 2 atom stereocenters. The van der Waals surface area contributed by atoms with E-state index in [0.29, 0.717) is 5.56 Å². The van der Waals surface area contributed by atoms with Crippen LogP contribution in [0.25, 0.3) is 22.2 Å². The predicted molar refractivity (Wildman–Crippen MR) is 139 cm³/mol. The van der Waals surface area contributed by atoms with Crippen molar-refractivity contribution in [2.75, 3.05) is 14.1 Å². The molecule has 8 nitrogen and oxygen atoms in total.